The van der Waals surface area contributed by atoms with Gasteiger partial charge in [0, 0.05) is 6.07 Å². The van der Waals surface area contributed by atoms with Gasteiger partial charge in [0.1, 0.15) is 6.54 Å². The van der Waals surface area contributed by atoms with E-state index in [1.807, 2.05) is 44.2 Å². The average Bonchev–Trinajstić information content (AvgIpc) is 2.61. The van der Waals surface area contributed by atoms with Crippen molar-refractivity contribution in [1.29, 1.82) is 0 Å². The highest BCUT2D eigenvalue weighted by atomic mass is 32.2. The Morgan fingerprint density at radius 1 is 1.07 bits per heavy atom. The van der Waals surface area contributed by atoms with E-state index in [4.69, 9.17) is 0 Å². The molecule has 0 aliphatic heterocycles. The first-order valence-electron chi connectivity index (χ1n) is 8.85. The van der Waals surface area contributed by atoms with Gasteiger partial charge in [-0.05, 0) is 30.0 Å². The number of sulfonamides is 1. The number of benzene rings is 2. The number of rotatable bonds is 8. The van der Waals surface area contributed by atoms with E-state index >= 15 is 0 Å². The predicted octanol–water partition coefficient (Wildman–Crippen LogP) is 3.63. The second kappa shape index (κ2) is 9.14. The summed E-state index contributed by atoms with van der Waals surface area (Å²) in [6, 6.07) is 11.8. The number of halogens is 2. The molecule has 5 nitrogen and oxygen atoms in total. The standard InChI is InChI=1S/C20H24F2N2O3S/c1-14(2)11-19(15-7-5-4-6-8-15)23-20(25)13-24(28(3,26)27)16-9-10-17(21)18(22)12-16/h4-10,12,14,19H,11,13H2,1-3H3,(H,23,25)/t19-/m1/s1. The zero-order valence-corrected chi connectivity index (χ0v) is 16.8. The van der Waals surface area contributed by atoms with Crippen molar-refractivity contribution >= 4 is 21.6 Å². The second-order valence-electron chi connectivity index (χ2n) is 7.03. The lowest BCUT2D eigenvalue weighted by atomic mass is 9.97. The van der Waals surface area contributed by atoms with Gasteiger partial charge in [-0.2, -0.15) is 0 Å². The Kier molecular flexibility index (Phi) is 7.12. The minimum Gasteiger partial charge on any atom is -0.348 e. The lowest BCUT2D eigenvalue weighted by molar-refractivity contribution is -0.120. The van der Waals surface area contributed by atoms with Gasteiger partial charge in [-0.15, -0.1) is 0 Å². The van der Waals surface area contributed by atoms with Gasteiger partial charge in [-0.25, -0.2) is 17.2 Å². The molecule has 152 valence electrons. The Morgan fingerprint density at radius 2 is 1.71 bits per heavy atom. The third kappa shape index (κ3) is 6.02. The van der Waals surface area contributed by atoms with Crippen molar-refractivity contribution in [3.8, 4) is 0 Å². The molecular weight excluding hydrogens is 386 g/mol. The Morgan fingerprint density at radius 3 is 2.25 bits per heavy atom. The largest absolute Gasteiger partial charge is 0.348 e. The molecule has 0 aliphatic carbocycles. The first kappa shape index (κ1) is 21.8. The fourth-order valence-corrected chi connectivity index (χ4v) is 3.69. The molecule has 1 atom stereocenters. The van der Waals surface area contributed by atoms with Crippen LogP contribution in [0.2, 0.25) is 0 Å². The van der Waals surface area contributed by atoms with Crippen LogP contribution in [-0.4, -0.2) is 27.1 Å². The van der Waals surface area contributed by atoms with Gasteiger partial charge in [0.05, 0.1) is 18.0 Å². The summed E-state index contributed by atoms with van der Waals surface area (Å²) in [5, 5.41) is 2.85. The van der Waals surface area contributed by atoms with E-state index in [9.17, 15) is 22.0 Å². The van der Waals surface area contributed by atoms with Gasteiger partial charge >= 0.3 is 0 Å². The lowest BCUT2D eigenvalue weighted by Gasteiger charge is -2.25. The van der Waals surface area contributed by atoms with Gasteiger partial charge < -0.3 is 5.32 Å². The smallest absolute Gasteiger partial charge is 0.241 e. The van der Waals surface area contributed by atoms with Crippen molar-refractivity contribution in [1.82, 2.24) is 5.32 Å². The molecule has 2 rings (SSSR count). The minimum atomic E-state index is -3.88. The Hall–Kier alpha value is -2.48. The quantitative estimate of drug-likeness (QED) is 0.723. The van der Waals surface area contributed by atoms with Crippen LogP contribution in [0.25, 0.3) is 0 Å². The highest BCUT2D eigenvalue weighted by molar-refractivity contribution is 7.92. The summed E-state index contributed by atoms with van der Waals surface area (Å²) in [5.74, 6) is -2.52. The third-order valence-corrected chi connectivity index (χ3v) is 5.26. The van der Waals surface area contributed by atoms with Crippen molar-refractivity contribution in [2.24, 2.45) is 5.92 Å². The first-order chi connectivity index (χ1) is 13.1. The molecule has 1 N–H and O–H groups in total. The van der Waals surface area contributed by atoms with E-state index in [1.165, 1.54) is 0 Å². The van der Waals surface area contributed by atoms with Crippen molar-refractivity contribution in [3.05, 3.63) is 65.7 Å². The van der Waals surface area contributed by atoms with Gasteiger partial charge in [0.25, 0.3) is 0 Å². The number of hydrogen-bond acceptors (Lipinski definition) is 3. The molecule has 0 aliphatic rings. The predicted molar refractivity (Wildman–Crippen MR) is 105 cm³/mol. The van der Waals surface area contributed by atoms with E-state index in [-0.39, 0.29) is 11.7 Å². The van der Waals surface area contributed by atoms with Crippen LogP contribution in [0.3, 0.4) is 0 Å². The minimum absolute atomic E-state index is 0.114. The van der Waals surface area contributed by atoms with Crippen LogP contribution in [0.15, 0.2) is 48.5 Å². The number of hydrogen-bond donors (Lipinski definition) is 1. The van der Waals surface area contributed by atoms with Crippen LogP contribution < -0.4 is 9.62 Å². The van der Waals surface area contributed by atoms with Crippen molar-refractivity contribution in [3.63, 3.8) is 0 Å². The molecule has 2 aromatic carbocycles. The molecule has 0 saturated heterocycles. The van der Waals surface area contributed by atoms with Gasteiger partial charge in [0.2, 0.25) is 15.9 Å². The lowest BCUT2D eigenvalue weighted by Crippen LogP contribution is -2.41. The number of carbonyl (C=O) groups excluding carboxylic acids is 1. The molecule has 0 heterocycles. The first-order valence-corrected chi connectivity index (χ1v) is 10.7. The van der Waals surface area contributed by atoms with Crippen molar-refractivity contribution in [2.75, 3.05) is 17.1 Å². The monoisotopic (exact) mass is 410 g/mol. The SMILES string of the molecule is CC(C)C[C@@H](NC(=O)CN(c1ccc(F)c(F)c1)S(C)(=O)=O)c1ccccc1. The molecule has 0 fully saturated rings. The van der Waals surface area contributed by atoms with E-state index in [0.717, 1.165) is 34.3 Å². The fourth-order valence-electron chi connectivity index (χ4n) is 2.85. The molecule has 0 unspecified atom stereocenters. The molecule has 0 spiro atoms. The van der Waals surface area contributed by atoms with E-state index in [0.29, 0.717) is 12.3 Å². The maximum absolute atomic E-state index is 13.5. The molecule has 1 amide bonds. The van der Waals surface area contributed by atoms with Crippen molar-refractivity contribution < 1.29 is 22.0 Å². The van der Waals surface area contributed by atoms with Gasteiger partial charge in [0.15, 0.2) is 11.6 Å². The van der Waals surface area contributed by atoms with Gasteiger partial charge in [-0.3, -0.25) is 9.10 Å². The zero-order valence-electron chi connectivity index (χ0n) is 16.0. The molecule has 2 aromatic rings. The van der Waals surface area contributed by atoms with Crippen LogP contribution >= 0.6 is 0 Å². The summed E-state index contributed by atoms with van der Waals surface area (Å²) in [5.41, 5.74) is 0.792. The maximum atomic E-state index is 13.5. The molecule has 0 radical (unpaired) electrons. The average molecular weight is 410 g/mol. The van der Waals surface area contributed by atoms with Gasteiger partial charge in [-0.1, -0.05) is 44.2 Å². The van der Waals surface area contributed by atoms with E-state index in [1.54, 1.807) is 0 Å². The number of carbonyl (C=O) groups is 1. The van der Waals surface area contributed by atoms with E-state index < -0.39 is 34.1 Å². The summed E-state index contributed by atoms with van der Waals surface area (Å²) in [4.78, 5) is 12.6. The fraction of sp³-hybridized carbons (Fsp3) is 0.350. The Balaban J connectivity index is 2.23. The van der Waals surface area contributed by atoms with Crippen LogP contribution in [0.1, 0.15) is 31.9 Å². The zero-order chi connectivity index (χ0) is 20.9. The molecule has 28 heavy (non-hydrogen) atoms. The van der Waals surface area contributed by atoms with Crippen LogP contribution in [0, 0.1) is 17.6 Å². The molecule has 0 saturated carbocycles. The topological polar surface area (TPSA) is 66.5 Å². The Labute approximate surface area is 164 Å². The highest BCUT2D eigenvalue weighted by Crippen LogP contribution is 2.23. The highest BCUT2D eigenvalue weighted by Gasteiger charge is 2.24. The third-order valence-electron chi connectivity index (χ3n) is 4.12. The van der Waals surface area contributed by atoms with Crippen LogP contribution in [-0.2, 0) is 14.8 Å². The molecule has 8 heteroatoms. The molecule has 0 aromatic heterocycles. The van der Waals surface area contributed by atoms with Crippen LogP contribution in [0.4, 0.5) is 14.5 Å². The summed E-state index contributed by atoms with van der Waals surface area (Å²) >= 11 is 0. The summed E-state index contributed by atoms with van der Waals surface area (Å²) in [6.45, 7) is 3.50. The number of nitrogens with one attached hydrogen (secondary N) is 1. The number of anilines is 1. The van der Waals surface area contributed by atoms with Crippen LogP contribution in [0.5, 0.6) is 0 Å². The maximum Gasteiger partial charge on any atom is 0.241 e. The summed E-state index contributed by atoms with van der Waals surface area (Å²) < 4.78 is 51.7. The van der Waals surface area contributed by atoms with Crippen molar-refractivity contribution in [2.45, 2.75) is 26.3 Å². The molecular formula is C20H24F2N2O3S. The Bertz CT molecular complexity index is 918. The number of amides is 1. The number of nitrogens with zero attached hydrogens (tertiary/aromatic N) is 1. The summed E-state index contributed by atoms with van der Waals surface area (Å²) in [6.07, 6.45) is 1.57. The molecule has 0 bridgehead atoms. The van der Waals surface area contributed by atoms with E-state index in [2.05, 4.69) is 5.32 Å². The normalized spacial score (nSPS) is 12.6. The second-order valence-corrected chi connectivity index (χ2v) is 8.94. The summed E-state index contributed by atoms with van der Waals surface area (Å²) in [7, 11) is -3.88.